The summed E-state index contributed by atoms with van der Waals surface area (Å²) in [4.78, 5) is 36.1. The molecule has 7 nitrogen and oxygen atoms in total. The predicted octanol–water partition coefficient (Wildman–Crippen LogP) is -2.86. The highest BCUT2D eigenvalue weighted by Crippen LogP contribution is 1.91. The van der Waals surface area contributed by atoms with Gasteiger partial charge in [-0.1, -0.05) is 6.92 Å². The van der Waals surface area contributed by atoms with Gasteiger partial charge in [-0.25, -0.2) is 4.79 Å². The molecular weight excluding hydrogens is 250 g/mol. The van der Waals surface area contributed by atoms with Gasteiger partial charge in [0, 0.05) is 6.08 Å². The molecule has 0 aromatic rings. The number of nitrogens with zero attached hydrogens (tertiary/aromatic N) is 1. The first-order chi connectivity index (χ1) is 9.02. The standard InChI is InChI=1S/C12H19N3O4/c1-2-5-14-6-8-15(9-7-14)12(19)13-10(16)3-4-11(17)18/h3-4H,2,5-9H2,1H3,(H,17,18)(H,13,16,19)/b4-3+. The van der Waals surface area contributed by atoms with E-state index < -0.39 is 17.9 Å². The molecule has 0 aliphatic carbocycles. The number of nitrogens with one attached hydrogen (secondary N) is 2. The number of carboxylic acid groups (broad SMARTS) is 1. The van der Waals surface area contributed by atoms with Gasteiger partial charge in [0.2, 0.25) is 0 Å². The number of hydrogen-bond acceptors (Lipinski definition) is 4. The second-order valence-electron chi connectivity index (χ2n) is 4.43. The van der Waals surface area contributed by atoms with E-state index >= 15 is 0 Å². The number of aliphatic carboxylic acids is 1. The normalized spacial score (nSPS) is 16.6. The smallest absolute Gasteiger partial charge is 0.324 e. The van der Waals surface area contributed by atoms with Crippen LogP contribution in [-0.2, 0) is 9.59 Å². The molecule has 2 N–H and O–H groups in total. The second-order valence-corrected chi connectivity index (χ2v) is 4.43. The molecule has 0 atom stereocenters. The molecular formula is C12H19N3O4. The van der Waals surface area contributed by atoms with Crippen LogP contribution in [0, 0.1) is 0 Å². The van der Waals surface area contributed by atoms with Crippen LogP contribution in [0.2, 0.25) is 0 Å². The molecule has 106 valence electrons. The molecule has 1 fully saturated rings. The highest BCUT2D eigenvalue weighted by Gasteiger charge is 2.23. The minimum absolute atomic E-state index is 0.483. The van der Waals surface area contributed by atoms with Crippen molar-refractivity contribution >= 4 is 17.9 Å². The lowest BCUT2D eigenvalue weighted by molar-refractivity contribution is -0.904. The van der Waals surface area contributed by atoms with Crippen molar-refractivity contribution in [3.8, 4) is 0 Å². The maximum atomic E-state index is 11.7. The lowest BCUT2D eigenvalue weighted by Crippen LogP contribution is -3.14. The Labute approximate surface area is 111 Å². The summed E-state index contributed by atoms with van der Waals surface area (Å²) in [6.07, 6.45) is 2.46. The lowest BCUT2D eigenvalue weighted by Gasteiger charge is -2.31. The van der Waals surface area contributed by atoms with Crippen molar-refractivity contribution in [2.75, 3.05) is 32.7 Å². The van der Waals surface area contributed by atoms with Gasteiger partial charge in [-0.15, -0.1) is 0 Å². The first kappa shape index (κ1) is 15.2. The molecule has 1 rings (SSSR count). The van der Waals surface area contributed by atoms with E-state index in [-0.39, 0.29) is 0 Å². The van der Waals surface area contributed by atoms with Crippen molar-refractivity contribution in [1.29, 1.82) is 0 Å². The third-order valence-electron chi connectivity index (χ3n) is 2.96. The molecule has 1 saturated heterocycles. The summed E-state index contributed by atoms with van der Waals surface area (Å²) in [5.41, 5.74) is 0. The molecule has 0 radical (unpaired) electrons. The zero-order valence-corrected chi connectivity index (χ0v) is 11.0. The third kappa shape index (κ3) is 5.52. The summed E-state index contributed by atoms with van der Waals surface area (Å²) in [5, 5.41) is 12.2. The summed E-state index contributed by atoms with van der Waals surface area (Å²) >= 11 is 0. The van der Waals surface area contributed by atoms with Gasteiger partial charge in [0.15, 0.2) is 0 Å². The van der Waals surface area contributed by atoms with Crippen molar-refractivity contribution in [2.45, 2.75) is 13.3 Å². The fourth-order valence-electron chi connectivity index (χ4n) is 2.00. The molecule has 0 bridgehead atoms. The van der Waals surface area contributed by atoms with Crippen LogP contribution in [0.4, 0.5) is 4.79 Å². The van der Waals surface area contributed by atoms with E-state index in [4.69, 9.17) is 0 Å². The third-order valence-corrected chi connectivity index (χ3v) is 2.96. The highest BCUT2D eigenvalue weighted by atomic mass is 16.4. The van der Waals surface area contributed by atoms with Crippen LogP contribution in [-0.4, -0.2) is 55.5 Å². The Morgan fingerprint density at radius 1 is 1.26 bits per heavy atom. The molecule has 7 heteroatoms. The van der Waals surface area contributed by atoms with Crippen LogP contribution in [0.3, 0.4) is 0 Å². The van der Waals surface area contributed by atoms with Crippen LogP contribution in [0.15, 0.2) is 12.2 Å². The Kier molecular flexibility index (Phi) is 6.01. The fourth-order valence-corrected chi connectivity index (χ4v) is 2.00. The Balaban J connectivity index is 2.35. The van der Waals surface area contributed by atoms with Gasteiger partial charge < -0.3 is 19.7 Å². The lowest BCUT2D eigenvalue weighted by atomic mass is 10.3. The number of urea groups is 1. The van der Waals surface area contributed by atoms with Crippen LogP contribution < -0.4 is 15.3 Å². The molecule has 3 amide bonds. The van der Waals surface area contributed by atoms with Gasteiger partial charge in [0.05, 0.1) is 38.7 Å². The zero-order chi connectivity index (χ0) is 14.3. The maximum Gasteiger partial charge on any atom is 0.324 e. The molecule has 0 unspecified atom stereocenters. The Bertz CT molecular complexity index is 373. The number of piperazine rings is 1. The van der Waals surface area contributed by atoms with Gasteiger partial charge in [0.25, 0.3) is 5.91 Å². The molecule has 1 aliphatic heterocycles. The van der Waals surface area contributed by atoms with Crippen molar-refractivity contribution in [1.82, 2.24) is 10.2 Å². The molecule has 0 saturated carbocycles. The maximum absolute atomic E-state index is 11.7. The fraction of sp³-hybridized carbons (Fsp3) is 0.583. The van der Waals surface area contributed by atoms with Gasteiger partial charge in [-0.2, -0.15) is 0 Å². The van der Waals surface area contributed by atoms with Crippen molar-refractivity contribution in [3.63, 3.8) is 0 Å². The van der Waals surface area contributed by atoms with Crippen LogP contribution in [0.5, 0.6) is 0 Å². The first-order valence-electron chi connectivity index (χ1n) is 6.35. The Morgan fingerprint density at radius 2 is 1.89 bits per heavy atom. The van der Waals surface area contributed by atoms with E-state index in [0.29, 0.717) is 19.2 Å². The molecule has 0 aromatic carbocycles. The number of carboxylic acids is 1. The molecule has 0 aromatic heterocycles. The van der Waals surface area contributed by atoms with Gasteiger partial charge in [0.1, 0.15) is 0 Å². The molecule has 1 heterocycles. The number of rotatable bonds is 4. The van der Waals surface area contributed by atoms with Crippen molar-refractivity contribution in [2.24, 2.45) is 0 Å². The number of carbonyl (C=O) groups is 3. The number of carbonyl (C=O) groups excluding carboxylic acids is 3. The van der Waals surface area contributed by atoms with Crippen molar-refractivity contribution < 1.29 is 24.4 Å². The van der Waals surface area contributed by atoms with Crippen LogP contribution in [0.1, 0.15) is 13.3 Å². The van der Waals surface area contributed by atoms with E-state index in [1.165, 1.54) is 4.90 Å². The quantitative estimate of drug-likeness (QED) is 0.537. The van der Waals surface area contributed by atoms with Crippen LogP contribution >= 0.6 is 0 Å². The van der Waals surface area contributed by atoms with E-state index in [0.717, 1.165) is 32.1 Å². The minimum atomic E-state index is -1.47. The summed E-state index contributed by atoms with van der Waals surface area (Å²) in [6.45, 7) is 6.13. The number of amides is 3. The number of quaternary nitrogens is 1. The van der Waals surface area contributed by atoms with E-state index in [9.17, 15) is 19.5 Å². The number of hydrogen-bond donors (Lipinski definition) is 2. The highest BCUT2D eigenvalue weighted by molar-refractivity contribution is 6.02. The monoisotopic (exact) mass is 269 g/mol. The average Bonchev–Trinajstić information content (AvgIpc) is 2.37. The van der Waals surface area contributed by atoms with E-state index in [1.54, 1.807) is 4.90 Å². The van der Waals surface area contributed by atoms with Crippen molar-refractivity contribution in [3.05, 3.63) is 12.2 Å². The summed E-state index contributed by atoms with van der Waals surface area (Å²) in [7, 11) is 0. The Hall–Kier alpha value is -1.89. The largest absolute Gasteiger partial charge is 0.545 e. The van der Waals surface area contributed by atoms with E-state index in [2.05, 4.69) is 12.2 Å². The second kappa shape index (κ2) is 7.52. The van der Waals surface area contributed by atoms with E-state index in [1.807, 2.05) is 0 Å². The summed E-state index contributed by atoms with van der Waals surface area (Å²) in [6, 6.07) is -0.483. The van der Waals surface area contributed by atoms with Crippen LogP contribution in [0.25, 0.3) is 0 Å². The predicted molar refractivity (Wildman–Crippen MR) is 65.1 cm³/mol. The summed E-state index contributed by atoms with van der Waals surface area (Å²) in [5.74, 6) is -2.23. The minimum Gasteiger partial charge on any atom is -0.545 e. The SMILES string of the molecule is CCC[NH+]1CCN(C(=O)NC(=O)/C=C/C(=O)[O-])CC1. The average molecular weight is 269 g/mol. The molecule has 0 spiro atoms. The summed E-state index contributed by atoms with van der Waals surface area (Å²) < 4.78 is 0. The topological polar surface area (TPSA) is 94.0 Å². The van der Waals surface area contributed by atoms with Gasteiger partial charge in [-0.3, -0.25) is 10.1 Å². The van der Waals surface area contributed by atoms with Gasteiger partial charge >= 0.3 is 6.03 Å². The molecule has 1 aliphatic rings. The Morgan fingerprint density at radius 3 is 2.42 bits per heavy atom. The first-order valence-corrected chi connectivity index (χ1v) is 6.35. The number of imide groups is 1. The van der Waals surface area contributed by atoms with Gasteiger partial charge in [-0.05, 0) is 12.5 Å². The zero-order valence-electron chi connectivity index (χ0n) is 11.0. The molecule has 19 heavy (non-hydrogen) atoms.